The maximum absolute atomic E-state index is 12.9. The van der Waals surface area contributed by atoms with Crippen LogP contribution < -0.4 is 9.46 Å². The van der Waals surface area contributed by atoms with Gasteiger partial charge >= 0.3 is 6.09 Å². The van der Waals surface area contributed by atoms with Crippen LogP contribution in [0.3, 0.4) is 0 Å². The standard InChI is InChI=1S/C31H38ClN7O6S/c1-29(2)18-20(19-38(29)28(41)42)4-3-14-37-15-8-25(35-37)46(43,44)36-27(40)21-5-6-23(33-26(21)32)39-16-7-24(34-39)45-17-9-22-30(10-11-30)31(22)12-13-31/h5-8,15-16,20,22H,3-4,9-14,17-19H2,1-2H3,(H,36,40)(H,41,42). The number of likely N-dealkylation sites (tertiary alicyclic amines) is 1. The van der Waals surface area contributed by atoms with Gasteiger partial charge in [-0.3, -0.25) is 9.48 Å². The Hall–Kier alpha value is -3.65. The first-order chi connectivity index (χ1) is 21.8. The van der Waals surface area contributed by atoms with Crippen molar-refractivity contribution in [3.63, 3.8) is 0 Å². The fraction of sp³-hybridized carbons (Fsp3) is 0.581. The highest BCUT2D eigenvalue weighted by Crippen LogP contribution is 2.93. The number of nitrogens with zero attached hydrogens (tertiary/aromatic N) is 6. The molecule has 1 saturated heterocycles. The number of carbonyl (C=O) groups excluding carboxylic acids is 1. The molecule has 3 aliphatic carbocycles. The maximum Gasteiger partial charge on any atom is 0.407 e. The third-order valence-corrected chi connectivity index (χ3v) is 12.2. The van der Waals surface area contributed by atoms with E-state index >= 15 is 0 Å². The predicted molar refractivity (Wildman–Crippen MR) is 166 cm³/mol. The first-order valence-electron chi connectivity index (χ1n) is 15.8. The van der Waals surface area contributed by atoms with Gasteiger partial charge in [0.2, 0.25) is 5.88 Å². The molecule has 2 amide bonds. The zero-order chi connectivity index (χ0) is 32.5. The Morgan fingerprint density at radius 3 is 2.46 bits per heavy atom. The first-order valence-corrected chi connectivity index (χ1v) is 17.7. The lowest BCUT2D eigenvalue weighted by Gasteiger charge is -2.28. The number of amides is 2. The van der Waals surface area contributed by atoms with Crippen LogP contribution in [-0.2, 0) is 16.6 Å². The van der Waals surface area contributed by atoms with Crippen LogP contribution in [0.25, 0.3) is 5.82 Å². The van der Waals surface area contributed by atoms with Gasteiger partial charge in [-0.25, -0.2) is 19.2 Å². The molecular formula is C31H38ClN7O6S. The molecule has 3 aromatic heterocycles. The molecule has 13 nitrogen and oxygen atoms in total. The van der Waals surface area contributed by atoms with Crippen molar-refractivity contribution < 1.29 is 27.9 Å². The van der Waals surface area contributed by atoms with E-state index < -0.39 is 27.6 Å². The number of fused-ring (bicyclic) bond motifs is 1. The predicted octanol–water partition coefficient (Wildman–Crippen LogP) is 4.75. The topological polar surface area (TPSA) is 162 Å². The van der Waals surface area contributed by atoms with E-state index in [4.69, 9.17) is 16.3 Å². The highest BCUT2D eigenvalue weighted by Gasteiger charge is 2.85. The van der Waals surface area contributed by atoms with E-state index in [2.05, 4.69) is 15.2 Å². The number of nitrogens with one attached hydrogen (secondary N) is 1. The van der Waals surface area contributed by atoms with E-state index in [9.17, 15) is 23.1 Å². The normalized spacial score (nSPS) is 21.9. The van der Waals surface area contributed by atoms with Gasteiger partial charge in [0.15, 0.2) is 10.8 Å². The molecule has 246 valence electrons. The molecule has 46 heavy (non-hydrogen) atoms. The summed E-state index contributed by atoms with van der Waals surface area (Å²) in [4.78, 5) is 30.1. The zero-order valence-corrected chi connectivity index (χ0v) is 27.4. The Bertz CT molecular complexity index is 1780. The molecule has 2 N–H and O–H groups in total. The summed E-state index contributed by atoms with van der Waals surface area (Å²) in [5, 5.41) is 17.5. The Labute approximate surface area is 272 Å². The summed E-state index contributed by atoms with van der Waals surface area (Å²) in [5.74, 6) is 0.922. The van der Waals surface area contributed by atoms with E-state index in [1.165, 1.54) is 64.3 Å². The minimum absolute atomic E-state index is 0.112. The van der Waals surface area contributed by atoms with E-state index in [0.717, 1.165) is 25.2 Å². The molecule has 3 saturated carbocycles. The third-order valence-electron chi connectivity index (χ3n) is 10.7. The molecule has 7 rings (SSSR count). The molecule has 1 atom stereocenters. The van der Waals surface area contributed by atoms with Gasteiger partial charge in [0.25, 0.3) is 15.9 Å². The lowest BCUT2D eigenvalue weighted by molar-refractivity contribution is 0.0980. The largest absolute Gasteiger partial charge is 0.477 e. The van der Waals surface area contributed by atoms with Crippen molar-refractivity contribution in [2.45, 2.75) is 82.3 Å². The smallest absolute Gasteiger partial charge is 0.407 e. The highest BCUT2D eigenvalue weighted by atomic mass is 35.5. The van der Waals surface area contributed by atoms with E-state index in [-0.39, 0.29) is 21.7 Å². The number of hydrogen-bond acceptors (Lipinski definition) is 8. The van der Waals surface area contributed by atoms with Crippen LogP contribution in [-0.4, -0.2) is 73.7 Å². The second-order valence-electron chi connectivity index (χ2n) is 13.9. The molecule has 15 heteroatoms. The van der Waals surface area contributed by atoms with Crippen molar-refractivity contribution in [3.05, 3.63) is 47.4 Å². The van der Waals surface area contributed by atoms with Gasteiger partial charge in [-0.15, -0.1) is 5.10 Å². The average molecular weight is 672 g/mol. The van der Waals surface area contributed by atoms with Gasteiger partial charge in [0.05, 0.1) is 12.2 Å². The Morgan fingerprint density at radius 2 is 1.80 bits per heavy atom. The van der Waals surface area contributed by atoms with Crippen LogP contribution in [0.4, 0.5) is 4.79 Å². The van der Waals surface area contributed by atoms with Gasteiger partial charge in [-0.2, -0.15) is 13.5 Å². The van der Waals surface area contributed by atoms with Crippen LogP contribution >= 0.6 is 11.6 Å². The van der Waals surface area contributed by atoms with Crippen molar-refractivity contribution in [2.24, 2.45) is 22.7 Å². The molecular weight excluding hydrogens is 634 g/mol. The molecule has 0 bridgehead atoms. The zero-order valence-electron chi connectivity index (χ0n) is 25.9. The van der Waals surface area contributed by atoms with Crippen LogP contribution in [0.5, 0.6) is 5.88 Å². The van der Waals surface area contributed by atoms with E-state index in [1.807, 2.05) is 18.6 Å². The second kappa shape index (κ2) is 11.0. The van der Waals surface area contributed by atoms with Gasteiger partial charge < -0.3 is 14.7 Å². The molecule has 1 unspecified atom stereocenters. The van der Waals surface area contributed by atoms with Crippen molar-refractivity contribution in [2.75, 3.05) is 13.2 Å². The first kappa shape index (κ1) is 31.0. The monoisotopic (exact) mass is 671 g/mol. The Kier molecular flexibility index (Phi) is 7.38. The number of carbonyl (C=O) groups is 2. The summed E-state index contributed by atoms with van der Waals surface area (Å²) in [6.07, 6.45) is 11.1. The number of pyridine rings is 1. The summed E-state index contributed by atoms with van der Waals surface area (Å²) in [6, 6.07) is 5.98. The molecule has 4 fully saturated rings. The Morgan fingerprint density at radius 1 is 1.07 bits per heavy atom. The van der Waals surface area contributed by atoms with Crippen LogP contribution in [0.2, 0.25) is 5.15 Å². The van der Waals surface area contributed by atoms with Crippen molar-refractivity contribution in [1.82, 2.24) is 34.2 Å². The lowest BCUT2D eigenvalue weighted by atomic mass is 9.93. The number of carboxylic acid groups (broad SMARTS) is 1. The van der Waals surface area contributed by atoms with Gasteiger partial charge in [0, 0.05) is 37.1 Å². The number of aryl methyl sites for hydroxylation is 1. The molecule has 0 aromatic carbocycles. The van der Waals surface area contributed by atoms with Crippen molar-refractivity contribution in [3.8, 4) is 11.7 Å². The van der Waals surface area contributed by atoms with Gasteiger partial charge in [-0.1, -0.05) is 11.6 Å². The van der Waals surface area contributed by atoms with Gasteiger partial charge in [0.1, 0.15) is 5.15 Å². The number of aromatic nitrogens is 5. The SMILES string of the molecule is CC1(C)CC(CCCn2ccc(S(=O)(=O)NC(=O)c3ccc(-n4ccc(OCCC5C6(CC6)C56CC6)n4)nc3Cl)n2)CN1C(=O)O. The summed E-state index contributed by atoms with van der Waals surface area (Å²) >= 11 is 6.31. The lowest BCUT2D eigenvalue weighted by Crippen LogP contribution is -2.41. The third kappa shape index (κ3) is 5.52. The second-order valence-corrected chi connectivity index (χ2v) is 15.9. The molecule has 0 radical (unpaired) electrons. The minimum Gasteiger partial charge on any atom is -0.477 e. The summed E-state index contributed by atoms with van der Waals surface area (Å²) in [5.41, 5.74) is 0.772. The number of ether oxygens (including phenoxy) is 1. The minimum atomic E-state index is -4.28. The molecule has 2 spiro atoms. The van der Waals surface area contributed by atoms with Gasteiger partial charge in [-0.05, 0) is 106 Å². The van der Waals surface area contributed by atoms with Crippen molar-refractivity contribution in [1.29, 1.82) is 0 Å². The van der Waals surface area contributed by atoms with Crippen LogP contribution in [0.15, 0.2) is 41.7 Å². The van der Waals surface area contributed by atoms with Crippen LogP contribution in [0, 0.1) is 22.7 Å². The molecule has 4 heterocycles. The fourth-order valence-corrected chi connectivity index (χ4v) is 9.32. The average Bonchev–Trinajstić information content (AvgIpc) is 3.90. The number of halogens is 1. The quantitative estimate of drug-likeness (QED) is 0.259. The Balaban J connectivity index is 0.903. The molecule has 3 aromatic rings. The molecule has 1 aliphatic heterocycles. The van der Waals surface area contributed by atoms with Crippen molar-refractivity contribution >= 4 is 33.6 Å². The maximum atomic E-state index is 12.9. The number of hydrogen-bond donors (Lipinski definition) is 2. The summed E-state index contributed by atoms with van der Waals surface area (Å²) in [6.45, 7) is 5.39. The fourth-order valence-electron chi connectivity index (χ4n) is 8.17. The summed E-state index contributed by atoms with van der Waals surface area (Å²) < 4.78 is 36.8. The number of rotatable bonds is 12. The molecule has 4 aliphatic rings. The van der Waals surface area contributed by atoms with E-state index in [0.29, 0.717) is 48.6 Å². The van der Waals surface area contributed by atoms with Crippen LogP contribution in [0.1, 0.15) is 75.6 Å². The number of sulfonamides is 1. The van der Waals surface area contributed by atoms with E-state index in [1.54, 1.807) is 12.3 Å². The highest BCUT2D eigenvalue weighted by molar-refractivity contribution is 7.90. The summed E-state index contributed by atoms with van der Waals surface area (Å²) in [7, 11) is -4.28.